The van der Waals surface area contributed by atoms with Gasteiger partial charge in [-0.2, -0.15) is 0 Å². The molecule has 0 aliphatic heterocycles. The van der Waals surface area contributed by atoms with Crippen LogP contribution in [0.5, 0.6) is 0 Å². The summed E-state index contributed by atoms with van der Waals surface area (Å²) in [4.78, 5) is 19.4. The number of thioether (sulfide) groups is 1. The molecule has 1 aromatic carbocycles. The predicted molar refractivity (Wildman–Crippen MR) is 86.6 cm³/mol. The molecule has 1 rings (SSSR count). The summed E-state index contributed by atoms with van der Waals surface area (Å²) in [6, 6.07) is 7.90. The van der Waals surface area contributed by atoms with Crippen molar-refractivity contribution in [3.8, 4) is 0 Å². The van der Waals surface area contributed by atoms with E-state index in [1.54, 1.807) is 6.92 Å². The maximum Gasteiger partial charge on any atom is 0.414 e. The van der Waals surface area contributed by atoms with E-state index in [2.05, 4.69) is 5.32 Å². The Morgan fingerprint density at radius 1 is 1.23 bits per heavy atom. The van der Waals surface area contributed by atoms with Gasteiger partial charge in [-0.1, -0.05) is 11.6 Å². The van der Waals surface area contributed by atoms with Crippen LogP contribution in [-0.2, 0) is 9.59 Å². The zero-order valence-corrected chi connectivity index (χ0v) is 13.7. The zero-order valence-electron chi connectivity index (χ0n) is 12.2. The van der Waals surface area contributed by atoms with E-state index in [4.69, 9.17) is 36.5 Å². The molecule has 1 unspecified atom stereocenters. The number of carbonyl (C=O) groups is 2. The van der Waals surface area contributed by atoms with Crippen molar-refractivity contribution >= 4 is 35.3 Å². The molecule has 0 aromatic heterocycles. The minimum absolute atomic E-state index is 0.260. The fourth-order valence-electron chi connectivity index (χ4n) is 1.23. The molecule has 124 valence electrons. The first-order chi connectivity index (χ1) is 10.3. The normalized spacial score (nSPS) is 11.2. The number of aliphatic carboxylic acids is 2. The summed E-state index contributed by atoms with van der Waals surface area (Å²) in [5.41, 5.74) is 0. The topological polar surface area (TPSA) is 107 Å². The van der Waals surface area contributed by atoms with Gasteiger partial charge in [0.2, 0.25) is 0 Å². The van der Waals surface area contributed by atoms with Crippen LogP contribution in [0.4, 0.5) is 0 Å². The van der Waals surface area contributed by atoms with Crippen LogP contribution in [0, 0.1) is 0 Å². The van der Waals surface area contributed by atoms with Gasteiger partial charge < -0.3 is 20.6 Å². The predicted octanol–water partition coefficient (Wildman–Crippen LogP) is 1.95. The van der Waals surface area contributed by atoms with Crippen LogP contribution in [0.3, 0.4) is 0 Å². The fourth-order valence-corrected chi connectivity index (χ4v) is 2.21. The maximum absolute atomic E-state index is 9.10. The third-order valence-electron chi connectivity index (χ3n) is 2.20. The summed E-state index contributed by atoms with van der Waals surface area (Å²) in [6.07, 6.45) is 0.837. The molecule has 1 atom stereocenters. The molecule has 22 heavy (non-hydrogen) atoms. The lowest BCUT2D eigenvalue weighted by Gasteiger charge is -2.06. The smallest absolute Gasteiger partial charge is 0.414 e. The minimum atomic E-state index is -1.82. The highest BCUT2D eigenvalue weighted by atomic mass is 35.5. The molecule has 4 N–H and O–H groups in total. The molecule has 0 fully saturated rings. The number of nitrogens with one attached hydrogen (secondary N) is 1. The van der Waals surface area contributed by atoms with Crippen LogP contribution >= 0.6 is 23.4 Å². The van der Waals surface area contributed by atoms with Gasteiger partial charge in [0, 0.05) is 16.5 Å². The first-order valence-corrected chi connectivity index (χ1v) is 7.92. The Kier molecular flexibility index (Phi) is 11.6. The molecule has 0 aliphatic carbocycles. The molecular weight excluding hydrogens is 330 g/mol. The number of carboxylic acids is 2. The Bertz CT molecular complexity index is 441. The summed E-state index contributed by atoms with van der Waals surface area (Å²) in [6.45, 7) is 3.41. The Morgan fingerprint density at radius 2 is 1.77 bits per heavy atom. The SMILES string of the molecule is CC(O)CNCCCSc1ccc(Cl)cc1.O=C(O)C(=O)O. The monoisotopic (exact) mass is 349 g/mol. The number of hydrogen-bond acceptors (Lipinski definition) is 5. The molecule has 6 nitrogen and oxygen atoms in total. The van der Waals surface area contributed by atoms with Crippen molar-refractivity contribution in [1.29, 1.82) is 0 Å². The number of aliphatic hydroxyl groups excluding tert-OH is 1. The maximum atomic E-state index is 9.10. The molecular formula is C14H20ClNO5S. The molecule has 0 spiro atoms. The molecule has 0 aliphatic rings. The molecule has 0 saturated heterocycles. The summed E-state index contributed by atoms with van der Waals surface area (Å²) in [7, 11) is 0. The Balaban J connectivity index is 0.000000626. The Labute approximate surface area is 138 Å². The van der Waals surface area contributed by atoms with E-state index >= 15 is 0 Å². The van der Waals surface area contributed by atoms with Crippen LogP contribution in [0.25, 0.3) is 0 Å². The molecule has 0 bridgehead atoms. The van der Waals surface area contributed by atoms with Gasteiger partial charge in [-0.25, -0.2) is 9.59 Å². The van der Waals surface area contributed by atoms with E-state index in [9.17, 15) is 0 Å². The van der Waals surface area contributed by atoms with Crippen LogP contribution in [0.2, 0.25) is 5.02 Å². The Morgan fingerprint density at radius 3 is 2.23 bits per heavy atom. The molecule has 0 saturated carbocycles. The van der Waals surface area contributed by atoms with Gasteiger partial charge in [0.25, 0.3) is 0 Å². The number of hydrogen-bond donors (Lipinski definition) is 4. The van der Waals surface area contributed by atoms with Crippen LogP contribution in [0.1, 0.15) is 13.3 Å². The lowest BCUT2D eigenvalue weighted by Crippen LogP contribution is -2.25. The second-order valence-corrected chi connectivity index (χ2v) is 5.92. The van der Waals surface area contributed by atoms with Gasteiger partial charge in [0.1, 0.15) is 0 Å². The van der Waals surface area contributed by atoms with E-state index in [1.807, 2.05) is 36.0 Å². The van der Waals surface area contributed by atoms with Gasteiger partial charge >= 0.3 is 11.9 Å². The number of aliphatic hydroxyl groups is 1. The summed E-state index contributed by atoms with van der Waals surface area (Å²) >= 11 is 7.63. The van der Waals surface area contributed by atoms with Gasteiger partial charge in [-0.05, 0) is 49.9 Å². The standard InChI is InChI=1S/C12H18ClNOS.C2H2O4/c1-10(15)9-14-7-2-8-16-12-5-3-11(13)4-6-12;3-1(4)2(5)6/h3-6,10,14-15H,2,7-9H2,1H3;(H,3,4)(H,5,6). The average molecular weight is 350 g/mol. The fraction of sp³-hybridized carbons (Fsp3) is 0.429. The largest absolute Gasteiger partial charge is 0.473 e. The van der Waals surface area contributed by atoms with Gasteiger partial charge in [-0.15, -0.1) is 11.8 Å². The van der Waals surface area contributed by atoms with Crippen LogP contribution in [-0.4, -0.2) is 52.2 Å². The van der Waals surface area contributed by atoms with Crippen LogP contribution in [0.15, 0.2) is 29.2 Å². The van der Waals surface area contributed by atoms with Gasteiger partial charge in [0.15, 0.2) is 0 Å². The molecule has 0 amide bonds. The quantitative estimate of drug-likeness (QED) is 0.338. The van der Waals surface area contributed by atoms with Crippen molar-refractivity contribution in [2.45, 2.75) is 24.3 Å². The van der Waals surface area contributed by atoms with Crippen molar-refractivity contribution in [3.05, 3.63) is 29.3 Å². The first kappa shape index (κ1) is 20.7. The zero-order chi connectivity index (χ0) is 17.0. The van der Waals surface area contributed by atoms with Crippen molar-refractivity contribution in [2.75, 3.05) is 18.8 Å². The summed E-state index contributed by atoms with van der Waals surface area (Å²) in [5.74, 6) is -2.57. The van der Waals surface area contributed by atoms with E-state index < -0.39 is 11.9 Å². The highest BCUT2D eigenvalue weighted by Gasteiger charge is 2.04. The molecule has 0 heterocycles. The minimum Gasteiger partial charge on any atom is -0.473 e. The summed E-state index contributed by atoms with van der Waals surface area (Å²) < 4.78 is 0. The third kappa shape index (κ3) is 12.5. The lowest BCUT2D eigenvalue weighted by molar-refractivity contribution is -0.159. The average Bonchev–Trinajstić information content (AvgIpc) is 2.45. The number of halogens is 1. The first-order valence-electron chi connectivity index (χ1n) is 6.56. The van der Waals surface area contributed by atoms with E-state index in [0.717, 1.165) is 23.7 Å². The van der Waals surface area contributed by atoms with Crippen molar-refractivity contribution < 1.29 is 24.9 Å². The van der Waals surface area contributed by atoms with Crippen LogP contribution < -0.4 is 5.32 Å². The van der Waals surface area contributed by atoms with E-state index in [0.29, 0.717) is 6.54 Å². The summed E-state index contributed by atoms with van der Waals surface area (Å²) in [5, 5.41) is 27.8. The van der Waals surface area contributed by atoms with Crippen molar-refractivity contribution in [1.82, 2.24) is 5.32 Å². The number of rotatable bonds is 7. The second-order valence-electron chi connectivity index (χ2n) is 4.32. The van der Waals surface area contributed by atoms with E-state index in [-0.39, 0.29) is 6.10 Å². The van der Waals surface area contributed by atoms with Gasteiger partial charge in [0.05, 0.1) is 6.10 Å². The third-order valence-corrected chi connectivity index (χ3v) is 3.55. The second kappa shape index (κ2) is 12.3. The van der Waals surface area contributed by atoms with E-state index in [1.165, 1.54) is 4.90 Å². The Hall–Kier alpha value is -1.28. The van der Waals surface area contributed by atoms with Crippen molar-refractivity contribution in [3.63, 3.8) is 0 Å². The number of carboxylic acid groups (broad SMARTS) is 2. The van der Waals surface area contributed by atoms with Crippen molar-refractivity contribution in [2.24, 2.45) is 0 Å². The highest BCUT2D eigenvalue weighted by molar-refractivity contribution is 7.99. The highest BCUT2D eigenvalue weighted by Crippen LogP contribution is 2.20. The van der Waals surface area contributed by atoms with Gasteiger partial charge in [-0.3, -0.25) is 0 Å². The molecule has 8 heteroatoms. The molecule has 0 radical (unpaired) electrons. The lowest BCUT2D eigenvalue weighted by atomic mass is 10.4. The number of benzene rings is 1. The molecule has 1 aromatic rings.